The van der Waals surface area contributed by atoms with E-state index in [4.69, 9.17) is 35.7 Å². The molecule has 1 saturated heterocycles. The van der Waals surface area contributed by atoms with E-state index >= 15 is 0 Å². The first kappa shape index (κ1) is 29.0. The van der Waals surface area contributed by atoms with E-state index in [1.165, 1.54) is 0 Å². The standard InChI is InChI=1S/C32H37ClN2O6/c1-4-20-12-25(33)13-21(5-2)31(20)34-30(37)18-35-17-24(23-15-28(38-3)32-29(16-23)40-19-41-32)14-27(35)22-6-8-26(9-7-22)39-11-10-36/h6-9,12-13,15-16,24,27,36H,4-5,10-11,14,17-19H2,1-3H3,(H,34,37)/t24-,27-/m1/s1. The Morgan fingerprint density at radius 1 is 1.07 bits per heavy atom. The molecule has 9 heteroatoms. The third-order valence-electron chi connectivity index (χ3n) is 7.82. The van der Waals surface area contributed by atoms with Crippen molar-refractivity contribution in [2.75, 3.05) is 45.5 Å². The fourth-order valence-corrected chi connectivity index (χ4v) is 6.07. The molecule has 0 spiro atoms. The molecule has 8 nitrogen and oxygen atoms in total. The molecule has 2 aliphatic heterocycles. The number of hydrogen-bond acceptors (Lipinski definition) is 7. The summed E-state index contributed by atoms with van der Waals surface area (Å²) in [7, 11) is 1.63. The number of aliphatic hydroxyl groups is 1. The van der Waals surface area contributed by atoms with Crippen LogP contribution in [0.3, 0.4) is 0 Å². The maximum Gasteiger partial charge on any atom is 0.238 e. The SMILES string of the molecule is CCc1cc(Cl)cc(CC)c1NC(=O)CN1C[C@H](c2cc(OC)c3c(c2)OCO3)C[C@@H]1c1ccc(OCCO)cc1. The van der Waals surface area contributed by atoms with Crippen molar-refractivity contribution in [3.63, 3.8) is 0 Å². The molecule has 1 fully saturated rings. The van der Waals surface area contributed by atoms with Gasteiger partial charge in [-0.1, -0.05) is 37.6 Å². The van der Waals surface area contributed by atoms with Gasteiger partial charge in [0.1, 0.15) is 12.4 Å². The van der Waals surface area contributed by atoms with Crippen molar-refractivity contribution in [1.82, 2.24) is 4.90 Å². The molecule has 3 aromatic rings. The van der Waals surface area contributed by atoms with Gasteiger partial charge in [0.25, 0.3) is 0 Å². The predicted molar refractivity (Wildman–Crippen MR) is 159 cm³/mol. The van der Waals surface area contributed by atoms with Gasteiger partial charge in [0.05, 0.1) is 20.3 Å². The number of methoxy groups -OCH3 is 1. The van der Waals surface area contributed by atoms with Gasteiger partial charge in [-0.2, -0.15) is 0 Å². The van der Waals surface area contributed by atoms with Crippen LogP contribution in [0.4, 0.5) is 5.69 Å². The van der Waals surface area contributed by atoms with E-state index in [9.17, 15) is 4.79 Å². The topological polar surface area (TPSA) is 89.5 Å². The van der Waals surface area contributed by atoms with Gasteiger partial charge in [0.15, 0.2) is 11.5 Å². The van der Waals surface area contributed by atoms with E-state index in [1.807, 2.05) is 48.5 Å². The summed E-state index contributed by atoms with van der Waals surface area (Å²) in [6.45, 7) is 5.43. The molecule has 3 aromatic carbocycles. The quantitative estimate of drug-likeness (QED) is 0.299. The van der Waals surface area contributed by atoms with Gasteiger partial charge in [-0.3, -0.25) is 9.69 Å². The van der Waals surface area contributed by atoms with Crippen molar-refractivity contribution in [3.8, 4) is 23.0 Å². The van der Waals surface area contributed by atoms with Crippen molar-refractivity contribution in [2.45, 2.75) is 45.1 Å². The number of aryl methyl sites for hydroxylation is 2. The molecular weight excluding hydrogens is 544 g/mol. The maximum absolute atomic E-state index is 13.5. The first-order chi connectivity index (χ1) is 19.9. The van der Waals surface area contributed by atoms with E-state index < -0.39 is 0 Å². The number of benzene rings is 3. The normalized spacial score (nSPS) is 18.0. The summed E-state index contributed by atoms with van der Waals surface area (Å²) in [6.07, 6.45) is 2.36. The number of halogens is 1. The molecule has 2 atom stereocenters. The molecule has 1 amide bonds. The van der Waals surface area contributed by atoms with E-state index in [1.54, 1.807) is 7.11 Å². The number of fused-ring (bicyclic) bond motifs is 1. The summed E-state index contributed by atoms with van der Waals surface area (Å²) in [6, 6.07) is 15.8. The summed E-state index contributed by atoms with van der Waals surface area (Å²) >= 11 is 6.34. The lowest BCUT2D eigenvalue weighted by Gasteiger charge is -2.25. The molecular formula is C32H37ClN2O6. The number of carbonyl (C=O) groups excluding carboxylic acids is 1. The van der Waals surface area contributed by atoms with Gasteiger partial charge in [-0.05, 0) is 83.8 Å². The Labute approximate surface area is 246 Å². The van der Waals surface area contributed by atoms with Crippen molar-refractivity contribution in [1.29, 1.82) is 0 Å². The minimum Gasteiger partial charge on any atom is -0.493 e. The second-order valence-electron chi connectivity index (χ2n) is 10.3. The van der Waals surface area contributed by atoms with Crippen LogP contribution < -0.4 is 24.3 Å². The molecule has 0 saturated carbocycles. The fraction of sp³-hybridized carbons (Fsp3) is 0.406. The highest BCUT2D eigenvalue weighted by Crippen LogP contribution is 2.47. The van der Waals surface area contributed by atoms with Crippen molar-refractivity contribution in [2.24, 2.45) is 0 Å². The summed E-state index contributed by atoms with van der Waals surface area (Å²) < 4.78 is 22.4. The van der Waals surface area contributed by atoms with E-state index in [0.29, 0.717) is 34.6 Å². The minimum absolute atomic E-state index is 0.00979. The van der Waals surface area contributed by atoms with Crippen LogP contribution in [0.25, 0.3) is 0 Å². The molecule has 41 heavy (non-hydrogen) atoms. The molecule has 2 N–H and O–H groups in total. The number of rotatable bonds is 11. The van der Waals surface area contributed by atoms with Gasteiger partial charge >= 0.3 is 0 Å². The summed E-state index contributed by atoms with van der Waals surface area (Å²) in [5, 5.41) is 13.0. The van der Waals surface area contributed by atoms with E-state index in [2.05, 4.69) is 24.1 Å². The molecule has 0 unspecified atom stereocenters. The van der Waals surface area contributed by atoms with Crippen LogP contribution in [-0.4, -0.2) is 56.1 Å². The van der Waals surface area contributed by atoms with Crippen LogP contribution >= 0.6 is 11.6 Å². The average molecular weight is 581 g/mol. The first-order valence-corrected chi connectivity index (χ1v) is 14.5. The number of likely N-dealkylation sites (tertiary alicyclic amines) is 1. The van der Waals surface area contributed by atoms with E-state index in [-0.39, 0.29) is 44.4 Å². The number of hydrogen-bond donors (Lipinski definition) is 2. The van der Waals surface area contributed by atoms with Gasteiger partial charge in [0.2, 0.25) is 18.4 Å². The number of nitrogens with one attached hydrogen (secondary N) is 1. The largest absolute Gasteiger partial charge is 0.493 e. The van der Waals surface area contributed by atoms with Gasteiger partial charge in [0, 0.05) is 23.3 Å². The van der Waals surface area contributed by atoms with Crippen LogP contribution in [0.2, 0.25) is 5.02 Å². The van der Waals surface area contributed by atoms with Crippen molar-refractivity contribution >= 4 is 23.2 Å². The number of carbonyl (C=O) groups is 1. The van der Waals surface area contributed by atoms with Crippen LogP contribution in [0.1, 0.15) is 54.5 Å². The number of anilines is 1. The Morgan fingerprint density at radius 3 is 2.46 bits per heavy atom. The summed E-state index contributed by atoms with van der Waals surface area (Å²) in [4.78, 5) is 15.8. The molecule has 0 radical (unpaired) electrons. The Hall–Kier alpha value is -3.46. The lowest BCUT2D eigenvalue weighted by atomic mass is 9.93. The average Bonchev–Trinajstić information content (AvgIpc) is 3.63. The highest BCUT2D eigenvalue weighted by Gasteiger charge is 2.36. The maximum atomic E-state index is 13.5. The highest BCUT2D eigenvalue weighted by atomic mass is 35.5. The lowest BCUT2D eigenvalue weighted by molar-refractivity contribution is -0.117. The van der Waals surface area contributed by atoms with Gasteiger partial charge in [-0.25, -0.2) is 0 Å². The van der Waals surface area contributed by atoms with Gasteiger partial charge < -0.3 is 29.4 Å². The molecule has 0 bridgehead atoms. The van der Waals surface area contributed by atoms with Crippen LogP contribution in [0.5, 0.6) is 23.0 Å². The summed E-state index contributed by atoms with van der Waals surface area (Å²) in [5.41, 5.74) is 5.11. The van der Waals surface area contributed by atoms with Crippen LogP contribution in [0.15, 0.2) is 48.5 Å². The van der Waals surface area contributed by atoms with Crippen molar-refractivity contribution in [3.05, 3.63) is 75.8 Å². The van der Waals surface area contributed by atoms with Crippen LogP contribution in [-0.2, 0) is 17.6 Å². The Kier molecular flexibility index (Phi) is 9.22. The minimum atomic E-state index is -0.0615. The molecule has 5 rings (SSSR count). The lowest BCUT2D eigenvalue weighted by Crippen LogP contribution is -2.33. The fourth-order valence-electron chi connectivity index (χ4n) is 5.81. The monoisotopic (exact) mass is 580 g/mol. The highest BCUT2D eigenvalue weighted by molar-refractivity contribution is 6.30. The Morgan fingerprint density at radius 2 is 1.80 bits per heavy atom. The van der Waals surface area contributed by atoms with Crippen molar-refractivity contribution < 1.29 is 28.8 Å². The van der Waals surface area contributed by atoms with Crippen LogP contribution in [0, 0.1) is 0 Å². The zero-order valence-corrected chi connectivity index (χ0v) is 24.5. The van der Waals surface area contributed by atoms with E-state index in [0.717, 1.165) is 47.2 Å². The second kappa shape index (κ2) is 13.0. The zero-order chi connectivity index (χ0) is 28.9. The molecule has 2 aliphatic rings. The Balaban J connectivity index is 1.41. The third kappa shape index (κ3) is 6.40. The smallest absolute Gasteiger partial charge is 0.238 e. The number of aliphatic hydroxyl groups excluding tert-OH is 1. The van der Waals surface area contributed by atoms with Gasteiger partial charge in [-0.15, -0.1) is 0 Å². The molecule has 0 aliphatic carbocycles. The number of amides is 1. The molecule has 2 heterocycles. The second-order valence-corrected chi connectivity index (χ2v) is 10.8. The third-order valence-corrected chi connectivity index (χ3v) is 8.04. The molecule has 0 aromatic heterocycles. The Bertz CT molecular complexity index is 1350. The summed E-state index contributed by atoms with van der Waals surface area (Å²) in [5.74, 6) is 2.74. The number of ether oxygens (including phenoxy) is 4. The predicted octanol–water partition coefficient (Wildman–Crippen LogP) is 5.74. The number of nitrogens with zero attached hydrogens (tertiary/aromatic N) is 1. The first-order valence-electron chi connectivity index (χ1n) is 14.1. The zero-order valence-electron chi connectivity index (χ0n) is 23.7. The molecule has 218 valence electrons.